The van der Waals surface area contributed by atoms with E-state index in [1.807, 2.05) is 25.1 Å². The smallest absolute Gasteiger partial charge is 0.0928 e. The quantitative estimate of drug-likeness (QED) is 0.712. The molecule has 0 saturated carbocycles. The predicted octanol–water partition coefficient (Wildman–Crippen LogP) is 1.81. The molecule has 1 aromatic rings. The van der Waals surface area contributed by atoms with Crippen LogP contribution in [0.2, 0.25) is 0 Å². The summed E-state index contributed by atoms with van der Waals surface area (Å²) >= 11 is 0. The summed E-state index contributed by atoms with van der Waals surface area (Å²) in [5.74, 6) is 0.641. The van der Waals surface area contributed by atoms with Gasteiger partial charge < -0.3 is 4.74 Å². The highest BCUT2D eigenvalue weighted by Gasteiger charge is 2.25. The molecule has 1 fully saturated rings. The first-order valence-corrected chi connectivity index (χ1v) is 6.06. The molecule has 0 spiro atoms. The molecule has 0 N–H and O–H groups in total. The lowest BCUT2D eigenvalue weighted by molar-refractivity contribution is 0.424. The zero-order valence-electron chi connectivity index (χ0n) is 8.45. The Hall–Kier alpha value is -0.670. The minimum atomic E-state index is -0.895. The Kier molecular flexibility index (Phi) is 2.70. The third kappa shape index (κ3) is 2.22. The van der Waals surface area contributed by atoms with Crippen LogP contribution in [-0.2, 0) is 15.5 Å². The predicted molar refractivity (Wildman–Crippen MR) is 56.9 cm³/mol. The maximum Gasteiger partial charge on any atom is 0.0928 e. The van der Waals surface area contributed by atoms with Gasteiger partial charge >= 0.3 is 0 Å². The molecule has 0 bridgehead atoms. The molecule has 0 radical (unpaired) electrons. The molecule has 1 saturated heterocycles. The van der Waals surface area contributed by atoms with E-state index in [1.165, 1.54) is 11.1 Å². The summed E-state index contributed by atoms with van der Waals surface area (Å²) in [4.78, 5) is 0.920. The van der Waals surface area contributed by atoms with Gasteiger partial charge in [0.25, 0.3) is 0 Å². The van der Waals surface area contributed by atoms with Crippen molar-refractivity contribution in [2.45, 2.75) is 24.8 Å². The van der Waals surface area contributed by atoms with Crippen molar-refractivity contribution < 1.29 is 8.95 Å². The number of hydrogen-bond acceptors (Lipinski definition) is 2. The molecule has 1 aliphatic heterocycles. The maximum absolute atomic E-state index is 11.8. The molecular weight excluding hydrogens is 196 g/mol. The number of benzene rings is 1. The fourth-order valence-electron chi connectivity index (χ4n) is 1.28. The van der Waals surface area contributed by atoms with E-state index >= 15 is 0 Å². The topological polar surface area (TPSA) is 29.6 Å². The van der Waals surface area contributed by atoms with Crippen molar-refractivity contribution in [1.29, 1.82) is 0 Å². The van der Waals surface area contributed by atoms with Gasteiger partial charge in [-0.15, -0.1) is 0 Å². The summed E-state index contributed by atoms with van der Waals surface area (Å²) in [5.41, 5.74) is 2.45. The van der Waals surface area contributed by atoms with E-state index in [-0.39, 0.29) is 6.10 Å². The Balaban J connectivity index is 2.14. The molecule has 0 amide bonds. The molecule has 2 nitrogen and oxygen atoms in total. The molecule has 14 heavy (non-hydrogen) atoms. The summed E-state index contributed by atoms with van der Waals surface area (Å²) < 4.78 is 16.9. The second-order valence-corrected chi connectivity index (χ2v) is 5.21. The molecule has 1 heterocycles. The number of hydrogen-bond donors (Lipinski definition) is 0. The Morgan fingerprint density at radius 3 is 2.71 bits per heavy atom. The van der Waals surface area contributed by atoms with E-state index in [9.17, 15) is 4.21 Å². The highest BCUT2D eigenvalue weighted by Crippen LogP contribution is 2.17. The fourth-order valence-corrected chi connectivity index (χ4v) is 2.54. The number of rotatable bonds is 3. The van der Waals surface area contributed by atoms with Crippen molar-refractivity contribution in [3.8, 4) is 0 Å². The molecule has 1 aromatic carbocycles. The number of aryl methyl sites for hydroxylation is 2. The van der Waals surface area contributed by atoms with Gasteiger partial charge in [-0.2, -0.15) is 0 Å². The number of epoxide rings is 1. The molecular formula is C11H14O2S. The van der Waals surface area contributed by atoms with Crippen LogP contribution >= 0.6 is 0 Å². The van der Waals surface area contributed by atoms with Crippen molar-refractivity contribution in [2.75, 3.05) is 12.4 Å². The lowest BCUT2D eigenvalue weighted by Crippen LogP contribution is -2.04. The lowest BCUT2D eigenvalue weighted by atomic mass is 10.1. The summed E-state index contributed by atoms with van der Waals surface area (Å²) in [6.07, 6.45) is 0.234. The summed E-state index contributed by atoms with van der Waals surface area (Å²) in [6, 6.07) is 5.98. The number of ether oxygens (including phenoxy) is 1. The Bertz CT molecular complexity index is 370. The zero-order chi connectivity index (χ0) is 10.1. The van der Waals surface area contributed by atoms with Crippen molar-refractivity contribution >= 4 is 10.8 Å². The third-order valence-electron chi connectivity index (χ3n) is 2.48. The van der Waals surface area contributed by atoms with Gasteiger partial charge in [0.15, 0.2) is 0 Å². The van der Waals surface area contributed by atoms with Gasteiger partial charge in [0.2, 0.25) is 0 Å². The molecule has 1 aliphatic rings. The fraction of sp³-hybridized carbons (Fsp3) is 0.455. The van der Waals surface area contributed by atoms with Crippen LogP contribution < -0.4 is 0 Å². The molecule has 2 rings (SSSR count). The molecule has 0 aromatic heterocycles. The zero-order valence-corrected chi connectivity index (χ0v) is 9.26. The summed E-state index contributed by atoms with van der Waals surface area (Å²) in [5, 5.41) is 0. The van der Waals surface area contributed by atoms with Crippen LogP contribution in [0.3, 0.4) is 0 Å². The van der Waals surface area contributed by atoms with Crippen molar-refractivity contribution in [3.63, 3.8) is 0 Å². The molecule has 76 valence electrons. The van der Waals surface area contributed by atoms with Crippen molar-refractivity contribution in [2.24, 2.45) is 0 Å². The van der Waals surface area contributed by atoms with Gasteiger partial charge in [-0.25, -0.2) is 0 Å². The molecule has 3 heteroatoms. The summed E-state index contributed by atoms with van der Waals surface area (Å²) in [6.45, 7) is 4.88. The standard InChI is InChI=1S/C11H14O2S/c1-8-3-4-11(5-9(8)2)14(12)7-10-6-13-10/h3-5,10H,6-7H2,1-2H3. The van der Waals surface area contributed by atoms with Gasteiger partial charge in [-0.1, -0.05) is 6.07 Å². The average molecular weight is 210 g/mol. The van der Waals surface area contributed by atoms with Crippen molar-refractivity contribution in [1.82, 2.24) is 0 Å². The highest BCUT2D eigenvalue weighted by atomic mass is 32.2. The summed E-state index contributed by atoms with van der Waals surface area (Å²) in [7, 11) is -0.895. The normalized spacial score (nSPS) is 22.0. The average Bonchev–Trinajstić information content (AvgIpc) is 2.93. The van der Waals surface area contributed by atoms with E-state index in [1.54, 1.807) is 0 Å². The Morgan fingerprint density at radius 1 is 1.43 bits per heavy atom. The third-order valence-corrected chi connectivity index (χ3v) is 3.94. The van der Waals surface area contributed by atoms with E-state index < -0.39 is 10.8 Å². The van der Waals surface area contributed by atoms with Gasteiger partial charge in [0.05, 0.1) is 29.3 Å². The second kappa shape index (κ2) is 3.83. The van der Waals surface area contributed by atoms with Crippen LogP contribution in [0.25, 0.3) is 0 Å². The van der Waals surface area contributed by atoms with E-state index in [4.69, 9.17) is 4.74 Å². The highest BCUT2D eigenvalue weighted by molar-refractivity contribution is 7.85. The van der Waals surface area contributed by atoms with Crippen LogP contribution in [0.15, 0.2) is 23.1 Å². The van der Waals surface area contributed by atoms with Crippen LogP contribution in [0.1, 0.15) is 11.1 Å². The lowest BCUT2D eigenvalue weighted by Gasteiger charge is -2.03. The Labute approximate surface area is 86.7 Å². The van der Waals surface area contributed by atoms with E-state index in [2.05, 4.69) is 6.92 Å². The largest absolute Gasteiger partial charge is 0.372 e. The van der Waals surface area contributed by atoms with E-state index in [0.717, 1.165) is 11.5 Å². The van der Waals surface area contributed by atoms with Crippen LogP contribution in [-0.4, -0.2) is 22.7 Å². The van der Waals surface area contributed by atoms with Gasteiger partial charge in [0, 0.05) is 4.90 Å². The minimum Gasteiger partial charge on any atom is -0.372 e. The molecule has 0 aliphatic carbocycles. The van der Waals surface area contributed by atoms with Gasteiger partial charge in [-0.05, 0) is 37.1 Å². The van der Waals surface area contributed by atoms with Gasteiger partial charge in [-0.3, -0.25) is 4.21 Å². The Morgan fingerprint density at radius 2 is 2.14 bits per heavy atom. The minimum absolute atomic E-state index is 0.234. The van der Waals surface area contributed by atoms with E-state index in [0.29, 0.717) is 5.75 Å². The van der Waals surface area contributed by atoms with Crippen LogP contribution in [0.4, 0.5) is 0 Å². The van der Waals surface area contributed by atoms with Gasteiger partial charge in [0.1, 0.15) is 0 Å². The first kappa shape index (κ1) is 9.87. The SMILES string of the molecule is Cc1ccc(S(=O)CC2CO2)cc1C. The second-order valence-electron chi connectivity index (χ2n) is 3.71. The molecule has 2 unspecified atom stereocenters. The molecule has 2 atom stereocenters. The first-order chi connectivity index (χ1) is 6.66. The monoisotopic (exact) mass is 210 g/mol. The van der Waals surface area contributed by atoms with Crippen molar-refractivity contribution in [3.05, 3.63) is 29.3 Å². The van der Waals surface area contributed by atoms with Crippen LogP contribution in [0, 0.1) is 13.8 Å². The van der Waals surface area contributed by atoms with Crippen LogP contribution in [0.5, 0.6) is 0 Å². The maximum atomic E-state index is 11.8. The first-order valence-electron chi connectivity index (χ1n) is 4.74.